The zero-order valence-electron chi connectivity index (χ0n) is 17.6. The van der Waals surface area contributed by atoms with Gasteiger partial charge >= 0.3 is 0 Å². The van der Waals surface area contributed by atoms with Gasteiger partial charge in [0.1, 0.15) is 0 Å². The minimum absolute atomic E-state index is 0.694. The van der Waals surface area contributed by atoms with Crippen LogP contribution in [0.2, 0.25) is 0 Å². The molecule has 150 valence electrons. The minimum Gasteiger partial charge on any atom is -0.313 e. The number of piperidine rings is 1. The number of aromatic nitrogens is 1. The van der Waals surface area contributed by atoms with Crippen LogP contribution in [0.5, 0.6) is 0 Å². The van der Waals surface area contributed by atoms with Crippen LogP contribution < -0.4 is 0 Å². The van der Waals surface area contributed by atoms with E-state index < -0.39 is 0 Å². The van der Waals surface area contributed by atoms with Crippen LogP contribution in [0, 0.1) is 6.92 Å². The fourth-order valence-electron chi connectivity index (χ4n) is 5.64. The summed E-state index contributed by atoms with van der Waals surface area (Å²) in [4.78, 5) is 2.74. The lowest BCUT2D eigenvalue weighted by Gasteiger charge is -2.39. The Bertz CT molecular complexity index is 1220. The topological polar surface area (TPSA) is 8.17 Å². The molecule has 2 aliphatic rings. The molecule has 0 bridgehead atoms. The number of aryl methyl sites for hydroxylation is 1. The second-order valence-corrected chi connectivity index (χ2v) is 8.99. The van der Waals surface area contributed by atoms with Crippen molar-refractivity contribution in [2.24, 2.45) is 0 Å². The molecule has 2 nitrogen and oxygen atoms in total. The molecule has 3 aromatic carbocycles. The fourth-order valence-corrected chi connectivity index (χ4v) is 5.64. The van der Waals surface area contributed by atoms with Gasteiger partial charge in [0.25, 0.3) is 0 Å². The van der Waals surface area contributed by atoms with E-state index in [0.29, 0.717) is 6.04 Å². The molecule has 0 radical (unpaired) electrons. The van der Waals surface area contributed by atoms with E-state index in [0.717, 1.165) is 13.0 Å². The van der Waals surface area contributed by atoms with E-state index in [1.54, 1.807) is 5.56 Å². The SMILES string of the molecule is Cc1ccc2c(c1)c1c(n2-c2ccccc2-c2ccccc2)CC2CCCCN2C1. The third kappa shape index (κ3) is 2.82. The summed E-state index contributed by atoms with van der Waals surface area (Å²) in [6.45, 7) is 4.57. The van der Waals surface area contributed by atoms with Crippen LogP contribution in [0.15, 0.2) is 72.8 Å². The van der Waals surface area contributed by atoms with Gasteiger partial charge in [-0.3, -0.25) is 4.90 Å². The molecule has 2 aliphatic heterocycles. The lowest BCUT2D eigenvalue weighted by Crippen LogP contribution is -2.43. The molecule has 0 saturated carbocycles. The quantitative estimate of drug-likeness (QED) is 0.377. The van der Waals surface area contributed by atoms with Gasteiger partial charge in [-0.2, -0.15) is 0 Å². The summed E-state index contributed by atoms with van der Waals surface area (Å²) in [7, 11) is 0. The van der Waals surface area contributed by atoms with Crippen LogP contribution in [0.4, 0.5) is 0 Å². The summed E-state index contributed by atoms with van der Waals surface area (Å²) in [6.07, 6.45) is 5.21. The van der Waals surface area contributed by atoms with E-state index in [-0.39, 0.29) is 0 Å². The molecule has 1 fully saturated rings. The Balaban J connectivity index is 1.62. The molecular weight excluding hydrogens is 364 g/mol. The summed E-state index contributed by atoms with van der Waals surface area (Å²) in [5.74, 6) is 0. The highest BCUT2D eigenvalue weighted by atomic mass is 15.2. The van der Waals surface area contributed by atoms with Crippen molar-refractivity contribution < 1.29 is 0 Å². The Morgan fingerprint density at radius 3 is 2.60 bits per heavy atom. The maximum Gasteiger partial charge on any atom is 0.0537 e. The average molecular weight is 393 g/mol. The van der Waals surface area contributed by atoms with Crippen molar-refractivity contribution in [3.8, 4) is 16.8 Å². The number of hydrogen-bond acceptors (Lipinski definition) is 1. The van der Waals surface area contributed by atoms with Gasteiger partial charge in [0, 0.05) is 35.7 Å². The van der Waals surface area contributed by atoms with Crippen LogP contribution >= 0.6 is 0 Å². The lowest BCUT2D eigenvalue weighted by molar-refractivity contribution is 0.126. The summed E-state index contributed by atoms with van der Waals surface area (Å²) >= 11 is 0. The minimum atomic E-state index is 0.694. The molecule has 6 rings (SSSR count). The Morgan fingerprint density at radius 1 is 0.867 bits per heavy atom. The van der Waals surface area contributed by atoms with E-state index in [4.69, 9.17) is 0 Å². The number of nitrogens with zero attached hydrogens (tertiary/aromatic N) is 2. The second kappa shape index (κ2) is 7.14. The zero-order valence-corrected chi connectivity index (χ0v) is 17.6. The summed E-state index contributed by atoms with van der Waals surface area (Å²) in [5.41, 5.74) is 9.68. The highest BCUT2D eigenvalue weighted by Crippen LogP contribution is 2.40. The summed E-state index contributed by atoms with van der Waals surface area (Å²) in [5, 5.41) is 1.44. The van der Waals surface area contributed by atoms with Gasteiger partial charge in [-0.1, -0.05) is 66.6 Å². The first-order valence-electron chi connectivity index (χ1n) is 11.3. The van der Waals surface area contributed by atoms with Crippen LogP contribution in [0.25, 0.3) is 27.7 Å². The van der Waals surface area contributed by atoms with Crippen LogP contribution in [-0.2, 0) is 13.0 Å². The number of rotatable bonds is 2. The predicted molar refractivity (Wildman–Crippen MR) is 125 cm³/mol. The van der Waals surface area contributed by atoms with E-state index in [9.17, 15) is 0 Å². The van der Waals surface area contributed by atoms with Crippen molar-refractivity contribution in [3.63, 3.8) is 0 Å². The van der Waals surface area contributed by atoms with Crippen molar-refractivity contribution in [2.45, 2.75) is 45.2 Å². The zero-order chi connectivity index (χ0) is 20.1. The molecule has 0 amide bonds. The molecule has 0 N–H and O–H groups in total. The first-order valence-corrected chi connectivity index (χ1v) is 11.3. The summed E-state index contributed by atoms with van der Waals surface area (Å²) in [6, 6.07) is 27.4. The number of fused-ring (bicyclic) bond motifs is 4. The molecule has 0 spiro atoms. The van der Waals surface area contributed by atoms with Crippen molar-refractivity contribution in [3.05, 3.63) is 89.6 Å². The van der Waals surface area contributed by atoms with Gasteiger partial charge in [-0.25, -0.2) is 0 Å². The molecule has 2 heteroatoms. The van der Waals surface area contributed by atoms with Crippen LogP contribution in [0.1, 0.15) is 36.1 Å². The number of para-hydroxylation sites is 1. The van der Waals surface area contributed by atoms with Gasteiger partial charge in [-0.05, 0) is 55.6 Å². The molecular formula is C28H28N2. The van der Waals surface area contributed by atoms with Gasteiger partial charge < -0.3 is 4.57 Å². The predicted octanol–water partition coefficient (Wildman–Crippen LogP) is 6.52. The van der Waals surface area contributed by atoms with Crippen molar-refractivity contribution in [1.29, 1.82) is 0 Å². The van der Waals surface area contributed by atoms with Gasteiger partial charge in [-0.15, -0.1) is 0 Å². The van der Waals surface area contributed by atoms with Gasteiger partial charge in [0.2, 0.25) is 0 Å². The Morgan fingerprint density at radius 2 is 1.70 bits per heavy atom. The van der Waals surface area contributed by atoms with E-state index in [2.05, 4.69) is 89.2 Å². The Labute approximate surface area is 178 Å². The molecule has 1 aromatic heterocycles. The van der Waals surface area contributed by atoms with E-state index in [1.807, 2.05) is 0 Å². The van der Waals surface area contributed by atoms with Gasteiger partial charge in [0.15, 0.2) is 0 Å². The van der Waals surface area contributed by atoms with Crippen LogP contribution in [-0.4, -0.2) is 22.1 Å². The number of hydrogen-bond donors (Lipinski definition) is 0. The highest BCUT2D eigenvalue weighted by molar-refractivity contribution is 5.90. The average Bonchev–Trinajstić information content (AvgIpc) is 3.10. The van der Waals surface area contributed by atoms with Gasteiger partial charge in [0.05, 0.1) is 11.2 Å². The third-order valence-electron chi connectivity index (χ3n) is 7.11. The maximum atomic E-state index is 2.74. The van der Waals surface area contributed by atoms with E-state index >= 15 is 0 Å². The molecule has 30 heavy (non-hydrogen) atoms. The second-order valence-electron chi connectivity index (χ2n) is 8.99. The smallest absolute Gasteiger partial charge is 0.0537 e. The third-order valence-corrected chi connectivity index (χ3v) is 7.11. The normalized spacial score (nSPS) is 18.9. The molecule has 1 saturated heterocycles. The molecule has 1 unspecified atom stereocenters. The molecule has 1 atom stereocenters. The van der Waals surface area contributed by atoms with Crippen LogP contribution in [0.3, 0.4) is 0 Å². The largest absolute Gasteiger partial charge is 0.313 e. The molecule has 0 aliphatic carbocycles. The highest BCUT2D eigenvalue weighted by Gasteiger charge is 2.33. The summed E-state index contributed by atoms with van der Waals surface area (Å²) < 4.78 is 2.58. The standard InChI is InChI=1S/C28H28N2/c1-20-14-15-27-24(17-20)25-19-29-16-8-7-11-22(29)18-28(25)30(27)26-13-6-5-12-23(26)21-9-3-2-4-10-21/h2-6,9-10,12-15,17,22H,7-8,11,16,18-19H2,1H3. The van der Waals surface area contributed by atoms with Crippen molar-refractivity contribution >= 4 is 10.9 Å². The Kier molecular flexibility index (Phi) is 4.28. The first-order chi connectivity index (χ1) is 14.8. The Hall–Kier alpha value is -2.84. The molecule has 3 heterocycles. The maximum absolute atomic E-state index is 2.74. The van der Waals surface area contributed by atoms with Crippen molar-refractivity contribution in [1.82, 2.24) is 9.47 Å². The first kappa shape index (κ1) is 18.0. The molecule has 4 aromatic rings. The van der Waals surface area contributed by atoms with Crippen molar-refractivity contribution in [2.75, 3.05) is 6.54 Å². The lowest BCUT2D eigenvalue weighted by atomic mass is 9.91. The number of benzene rings is 3. The fraction of sp³-hybridized carbons (Fsp3) is 0.286. The van der Waals surface area contributed by atoms with E-state index in [1.165, 1.54) is 64.8 Å². The monoisotopic (exact) mass is 392 g/mol.